The smallest absolute Gasteiger partial charge is 0.135 e. The van der Waals surface area contributed by atoms with Gasteiger partial charge in [0.05, 0.1) is 0 Å². The van der Waals surface area contributed by atoms with Crippen molar-refractivity contribution in [2.24, 2.45) is 17.8 Å². The Balaban J connectivity index is 1.69. The van der Waals surface area contributed by atoms with Gasteiger partial charge in [0.25, 0.3) is 0 Å². The predicted octanol–water partition coefficient (Wildman–Crippen LogP) is 3.50. The number of likely N-dealkylation sites (tertiary alicyclic amines) is 1. The number of rotatable bonds is 4. The lowest BCUT2D eigenvalue weighted by atomic mass is 9.82. The zero-order valence-corrected chi connectivity index (χ0v) is 12.2. The van der Waals surface area contributed by atoms with Gasteiger partial charge in [0.1, 0.15) is 5.78 Å². The van der Waals surface area contributed by atoms with Crippen LogP contribution in [0.2, 0.25) is 0 Å². The molecule has 1 heterocycles. The van der Waals surface area contributed by atoms with Crippen molar-refractivity contribution in [1.29, 1.82) is 0 Å². The van der Waals surface area contributed by atoms with E-state index in [1.54, 1.807) is 0 Å². The Morgan fingerprint density at radius 2 is 1.67 bits per heavy atom. The lowest BCUT2D eigenvalue weighted by molar-refractivity contribution is -0.124. The summed E-state index contributed by atoms with van der Waals surface area (Å²) >= 11 is 0. The van der Waals surface area contributed by atoms with Crippen LogP contribution in [-0.4, -0.2) is 30.3 Å². The van der Waals surface area contributed by atoms with E-state index in [0.717, 1.165) is 44.2 Å². The Hall–Kier alpha value is -0.370. The highest BCUT2D eigenvalue weighted by Crippen LogP contribution is 2.30. The predicted molar refractivity (Wildman–Crippen MR) is 75.6 cm³/mol. The zero-order chi connectivity index (χ0) is 13.0. The van der Waals surface area contributed by atoms with Gasteiger partial charge in [-0.25, -0.2) is 0 Å². The van der Waals surface area contributed by atoms with Gasteiger partial charge in [0, 0.05) is 18.9 Å². The van der Waals surface area contributed by atoms with Crippen molar-refractivity contribution >= 4 is 5.78 Å². The molecule has 0 spiro atoms. The molecule has 0 unspecified atom stereocenters. The molecule has 0 N–H and O–H groups in total. The molecule has 2 rings (SSSR count). The quantitative estimate of drug-likeness (QED) is 0.762. The van der Waals surface area contributed by atoms with Crippen LogP contribution >= 0.6 is 0 Å². The average Bonchev–Trinajstić information content (AvgIpc) is 2.41. The summed E-state index contributed by atoms with van der Waals surface area (Å²) in [5.74, 6) is 2.74. The summed E-state index contributed by atoms with van der Waals surface area (Å²) in [6.07, 6.45) is 8.64. The molecule has 0 aromatic heterocycles. The zero-order valence-electron chi connectivity index (χ0n) is 12.2. The number of piperidine rings is 1. The minimum absolute atomic E-state index is 0.373. The lowest BCUT2D eigenvalue weighted by Crippen LogP contribution is -2.39. The van der Waals surface area contributed by atoms with Gasteiger partial charge >= 0.3 is 0 Å². The Kier molecular flexibility index (Phi) is 5.23. The van der Waals surface area contributed by atoms with Crippen LogP contribution in [0.3, 0.4) is 0 Å². The molecule has 1 aliphatic heterocycles. The van der Waals surface area contributed by atoms with Crippen LogP contribution in [-0.2, 0) is 4.79 Å². The van der Waals surface area contributed by atoms with E-state index in [0.29, 0.717) is 11.7 Å². The maximum absolute atomic E-state index is 11.7. The highest BCUT2D eigenvalue weighted by atomic mass is 16.1. The molecule has 2 heteroatoms. The first-order valence-electron chi connectivity index (χ1n) is 7.94. The van der Waals surface area contributed by atoms with Gasteiger partial charge in [0.2, 0.25) is 0 Å². The number of carbonyl (C=O) groups is 1. The molecular weight excluding hydrogens is 222 g/mol. The summed E-state index contributed by atoms with van der Waals surface area (Å²) in [4.78, 5) is 14.3. The second-order valence-corrected chi connectivity index (χ2v) is 6.52. The average molecular weight is 251 g/mol. The molecule has 18 heavy (non-hydrogen) atoms. The molecule has 1 saturated heterocycles. The van der Waals surface area contributed by atoms with Gasteiger partial charge < -0.3 is 4.90 Å². The third-order valence-corrected chi connectivity index (χ3v) is 5.04. The first-order chi connectivity index (χ1) is 8.69. The normalized spacial score (nSPS) is 31.4. The van der Waals surface area contributed by atoms with Crippen molar-refractivity contribution in [3.05, 3.63) is 0 Å². The van der Waals surface area contributed by atoms with E-state index >= 15 is 0 Å². The van der Waals surface area contributed by atoms with Crippen LogP contribution in [0.15, 0.2) is 0 Å². The van der Waals surface area contributed by atoms with Crippen molar-refractivity contribution in [3.63, 3.8) is 0 Å². The molecule has 0 amide bonds. The fraction of sp³-hybridized carbons (Fsp3) is 0.938. The van der Waals surface area contributed by atoms with Gasteiger partial charge in [-0.2, -0.15) is 0 Å². The summed E-state index contributed by atoms with van der Waals surface area (Å²) in [5, 5.41) is 0. The number of carbonyl (C=O) groups excluding carboxylic acids is 1. The molecular formula is C16H29NO. The molecule has 2 fully saturated rings. The first kappa shape index (κ1) is 14.0. The van der Waals surface area contributed by atoms with Crippen LogP contribution in [0.4, 0.5) is 0 Å². The molecule has 104 valence electrons. The van der Waals surface area contributed by atoms with Gasteiger partial charge in [0.15, 0.2) is 0 Å². The lowest BCUT2D eigenvalue weighted by Gasteiger charge is -2.35. The fourth-order valence-corrected chi connectivity index (χ4v) is 3.60. The standard InChI is InChI=1S/C16H29NO/c1-3-16(18)15-8-10-17(11-9-15)12-14-6-4-13(2)5-7-14/h13-15H,3-12H2,1-2H3. The summed E-state index contributed by atoms with van der Waals surface area (Å²) in [6, 6.07) is 0. The summed E-state index contributed by atoms with van der Waals surface area (Å²) in [6.45, 7) is 7.99. The molecule has 0 bridgehead atoms. The molecule has 2 aliphatic rings. The third-order valence-electron chi connectivity index (χ3n) is 5.04. The van der Waals surface area contributed by atoms with Gasteiger partial charge in [-0.1, -0.05) is 26.7 Å². The second kappa shape index (κ2) is 6.70. The first-order valence-corrected chi connectivity index (χ1v) is 7.94. The van der Waals surface area contributed by atoms with E-state index in [1.807, 2.05) is 6.92 Å². The topological polar surface area (TPSA) is 20.3 Å². The van der Waals surface area contributed by atoms with E-state index in [1.165, 1.54) is 32.2 Å². The molecule has 0 atom stereocenters. The summed E-state index contributed by atoms with van der Waals surface area (Å²) in [7, 11) is 0. The van der Waals surface area contributed by atoms with Crippen LogP contribution in [0.25, 0.3) is 0 Å². The summed E-state index contributed by atoms with van der Waals surface area (Å²) in [5.41, 5.74) is 0. The number of Topliss-reactive ketones (excluding diaryl/α,β-unsaturated/α-hetero) is 1. The van der Waals surface area contributed by atoms with Crippen LogP contribution in [0.1, 0.15) is 58.8 Å². The Morgan fingerprint density at radius 3 is 2.22 bits per heavy atom. The monoisotopic (exact) mass is 251 g/mol. The Bertz CT molecular complexity index is 260. The second-order valence-electron chi connectivity index (χ2n) is 6.52. The SMILES string of the molecule is CCC(=O)C1CCN(CC2CCC(C)CC2)CC1. The number of hydrogen-bond donors (Lipinski definition) is 0. The Labute approximate surface area is 112 Å². The highest BCUT2D eigenvalue weighted by molar-refractivity contribution is 5.80. The molecule has 2 nitrogen and oxygen atoms in total. The molecule has 1 aliphatic carbocycles. The Morgan fingerprint density at radius 1 is 1.06 bits per heavy atom. The maximum Gasteiger partial charge on any atom is 0.135 e. The molecule has 1 saturated carbocycles. The fourth-order valence-electron chi connectivity index (χ4n) is 3.60. The number of nitrogens with zero attached hydrogens (tertiary/aromatic N) is 1. The minimum atomic E-state index is 0.373. The van der Waals surface area contributed by atoms with Gasteiger partial charge in [-0.05, 0) is 50.6 Å². The third kappa shape index (κ3) is 3.81. The van der Waals surface area contributed by atoms with Crippen molar-refractivity contribution in [3.8, 4) is 0 Å². The summed E-state index contributed by atoms with van der Waals surface area (Å²) < 4.78 is 0. The van der Waals surface area contributed by atoms with Gasteiger partial charge in [-0.3, -0.25) is 4.79 Å². The van der Waals surface area contributed by atoms with Crippen LogP contribution < -0.4 is 0 Å². The highest BCUT2D eigenvalue weighted by Gasteiger charge is 2.26. The van der Waals surface area contributed by atoms with E-state index in [-0.39, 0.29) is 0 Å². The van der Waals surface area contributed by atoms with Crippen molar-refractivity contribution in [2.75, 3.05) is 19.6 Å². The van der Waals surface area contributed by atoms with Crippen LogP contribution in [0, 0.1) is 17.8 Å². The van der Waals surface area contributed by atoms with Gasteiger partial charge in [-0.15, -0.1) is 0 Å². The minimum Gasteiger partial charge on any atom is -0.303 e. The van der Waals surface area contributed by atoms with E-state index in [9.17, 15) is 4.79 Å². The van der Waals surface area contributed by atoms with Crippen molar-refractivity contribution < 1.29 is 4.79 Å². The largest absolute Gasteiger partial charge is 0.303 e. The number of hydrogen-bond acceptors (Lipinski definition) is 2. The molecule has 0 radical (unpaired) electrons. The number of ketones is 1. The molecule has 0 aromatic rings. The maximum atomic E-state index is 11.7. The molecule has 0 aromatic carbocycles. The van der Waals surface area contributed by atoms with E-state index in [4.69, 9.17) is 0 Å². The van der Waals surface area contributed by atoms with E-state index < -0.39 is 0 Å². The van der Waals surface area contributed by atoms with Crippen molar-refractivity contribution in [1.82, 2.24) is 4.90 Å². The van der Waals surface area contributed by atoms with Crippen molar-refractivity contribution in [2.45, 2.75) is 58.8 Å². The van der Waals surface area contributed by atoms with E-state index in [2.05, 4.69) is 11.8 Å². The van der Waals surface area contributed by atoms with Crippen LogP contribution in [0.5, 0.6) is 0 Å².